The molecule has 0 unspecified atom stereocenters. The molecule has 2 aliphatic carbocycles. The average Bonchev–Trinajstić information content (AvgIpc) is 2.59. The second-order valence-electron chi connectivity index (χ2n) is 2.61. The molecule has 0 saturated heterocycles. The van der Waals surface area contributed by atoms with Crippen LogP contribution in [0.4, 0.5) is 0 Å². The monoisotopic (exact) mass is 183 g/mol. The lowest BCUT2D eigenvalue weighted by molar-refractivity contribution is -0.201. The number of carboxylic acid groups (broad SMARTS) is 1. The van der Waals surface area contributed by atoms with E-state index in [9.17, 15) is 4.79 Å². The molecule has 0 fully saturated rings. The molecule has 5 N–H and O–H groups in total. The number of fused-ring (bicyclic) bond motifs is 1. The maximum absolute atomic E-state index is 9.40. The molecule has 13 heavy (non-hydrogen) atoms. The van der Waals surface area contributed by atoms with Crippen LogP contribution in [0.2, 0.25) is 0 Å². The standard InChI is InChI=1S/C6H4.C2H5NO4/c1-2-5-4-6(5)3-1;3-2(6,7)1(4)5/h1-4H;6-7H,3H2,(H,4,5). The molecule has 0 heterocycles. The Balaban J connectivity index is 0.000000130. The zero-order chi connectivity index (χ0) is 10.1. The topological polar surface area (TPSA) is 104 Å². The Kier molecular flexibility index (Phi) is 2.33. The van der Waals surface area contributed by atoms with Crippen molar-refractivity contribution in [1.29, 1.82) is 0 Å². The van der Waals surface area contributed by atoms with Crippen molar-refractivity contribution in [2.24, 2.45) is 5.73 Å². The van der Waals surface area contributed by atoms with Crippen LogP contribution in [0.1, 0.15) is 0 Å². The van der Waals surface area contributed by atoms with Gasteiger partial charge in [0.25, 0.3) is 0 Å². The number of hydrogen-bond donors (Lipinski definition) is 4. The lowest BCUT2D eigenvalue weighted by Gasteiger charge is -2.06. The van der Waals surface area contributed by atoms with Gasteiger partial charge < -0.3 is 15.3 Å². The maximum atomic E-state index is 9.40. The van der Waals surface area contributed by atoms with Gasteiger partial charge in [-0.25, -0.2) is 4.79 Å². The molecule has 0 bridgehead atoms. The van der Waals surface area contributed by atoms with Crippen LogP contribution in [0.25, 0.3) is 11.1 Å². The molecule has 2 rings (SSSR count). The largest absolute Gasteiger partial charge is 0.476 e. The summed E-state index contributed by atoms with van der Waals surface area (Å²) in [4.78, 5) is 9.40. The molecule has 5 heteroatoms. The molecule has 0 atom stereocenters. The van der Waals surface area contributed by atoms with Crippen LogP contribution in [0.3, 0.4) is 0 Å². The fraction of sp³-hybridized carbons (Fsp3) is 0.125. The zero-order valence-electron chi connectivity index (χ0n) is 6.64. The number of carboxylic acids is 1. The minimum absolute atomic E-state index is 1.43. The normalized spacial score (nSPS) is 11.3. The summed E-state index contributed by atoms with van der Waals surface area (Å²) in [6.45, 7) is 0. The van der Waals surface area contributed by atoms with Gasteiger partial charge in [-0.15, -0.1) is 0 Å². The number of nitrogens with two attached hydrogens (primary N) is 1. The highest BCUT2D eigenvalue weighted by Gasteiger charge is 2.26. The van der Waals surface area contributed by atoms with E-state index in [0.29, 0.717) is 0 Å². The van der Waals surface area contributed by atoms with E-state index in [4.69, 9.17) is 15.3 Å². The Morgan fingerprint density at radius 1 is 1.31 bits per heavy atom. The molecule has 70 valence electrons. The predicted molar refractivity (Wildman–Crippen MR) is 44.4 cm³/mol. The summed E-state index contributed by atoms with van der Waals surface area (Å²) in [6.07, 6.45) is 0. The van der Waals surface area contributed by atoms with Crippen LogP contribution in [0, 0.1) is 0 Å². The van der Waals surface area contributed by atoms with Gasteiger partial charge in [-0.3, -0.25) is 5.73 Å². The SMILES string of the molecule is NC(O)(O)C(=O)O.c1cc2cc-2c1. The summed E-state index contributed by atoms with van der Waals surface area (Å²) in [6, 6.07) is 8.48. The van der Waals surface area contributed by atoms with Crippen molar-refractivity contribution in [2.75, 3.05) is 0 Å². The molecule has 0 aromatic carbocycles. The van der Waals surface area contributed by atoms with Crippen molar-refractivity contribution < 1.29 is 20.1 Å². The maximum Gasteiger partial charge on any atom is 0.380 e. The third-order valence-electron chi connectivity index (χ3n) is 1.43. The Morgan fingerprint density at radius 2 is 1.69 bits per heavy atom. The molecule has 0 aliphatic heterocycles. The molecular weight excluding hydrogens is 174 g/mol. The van der Waals surface area contributed by atoms with Crippen molar-refractivity contribution in [3.63, 3.8) is 0 Å². The molecule has 0 amide bonds. The van der Waals surface area contributed by atoms with E-state index in [-0.39, 0.29) is 0 Å². The molecule has 2 aliphatic rings. The van der Waals surface area contributed by atoms with Gasteiger partial charge in [0, 0.05) is 0 Å². The number of hydrogen-bond acceptors (Lipinski definition) is 4. The summed E-state index contributed by atoms with van der Waals surface area (Å²) in [5, 5.41) is 23.3. The molecule has 0 spiro atoms. The highest BCUT2D eigenvalue weighted by atomic mass is 16.6. The highest BCUT2D eigenvalue weighted by Crippen LogP contribution is 2.32. The second kappa shape index (κ2) is 3.14. The number of benzene rings is 1. The van der Waals surface area contributed by atoms with Crippen LogP contribution in [-0.4, -0.2) is 27.2 Å². The van der Waals surface area contributed by atoms with E-state index in [1.807, 2.05) is 0 Å². The van der Waals surface area contributed by atoms with Gasteiger partial charge in [-0.2, -0.15) is 0 Å². The Morgan fingerprint density at radius 3 is 1.77 bits per heavy atom. The molecule has 0 radical (unpaired) electrons. The molecule has 5 nitrogen and oxygen atoms in total. The van der Waals surface area contributed by atoms with Crippen LogP contribution >= 0.6 is 0 Å². The summed E-state index contributed by atoms with van der Waals surface area (Å²) in [5.74, 6) is -4.95. The van der Waals surface area contributed by atoms with Crippen LogP contribution in [-0.2, 0) is 4.79 Å². The zero-order valence-corrected chi connectivity index (χ0v) is 6.64. The third kappa shape index (κ3) is 2.83. The van der Waals surface area contributed by atoms with E-state index in [0.717, 1.165) is 0 Å². The summed E-state index contributed by atoms with van der Waals surface area (Å²) >= 11 is 0. The first-order valence-corrected chi connectivity index (χ1v) is 3.48. The van der Waals surface area contributed by atoms with Gasteiger partial charge in [-0.1, -0.05) is 18.2 Å². The summed E-state index contributed by atoms with van der Waals surface area (Å²) in [5.41, 5.74) is 7.04. The van der Waals surface area contributed by atoms with Crippen molar-refractivity contribution in [3.8, 4) is 11.1 Å². The van der Waals surface area contributed by atoms with Crippen molar-refractivity contribution in [3.05, 3.63) is 24.3 Å². The second-order valence-corrected chi connectivity index (χ2v) is 2.61. The lowest BCUT2D eigenvalue weighted by atomic mass is 10.5. The van der Waals surface area contributed by atoms with Crippen LogP contribution < -0.4 is 5.73 Å². The smallest absolute Gasteiger partial charge is 0.380 e. The van der Waals surface area contributed by atoms with Gasteiger partial charge in [0.2, 0.25) is 0 Å². The van der Waals surface area contributed by atoms with Crippen LogP contribution in [0.15, 0.2) is 24.3 Å². The molecule has 0 aromatic heterocycles. The Labute approximate surface area is 74.0 Å². The van der Waals surface area contributed by atoms with Gasteiger partial charge in [-0.05, 0) is 17.2 Å². The van der Waals surface area contributed by atoms with E-state index in [1.165, 1.54) is 11.1 Å². The lowest BCUT2D eigenvalue weighted by Crippen LogP contribution is -2.47. The minimum Gasteiger partial charge on any atom is -0.476 e. The number of carbonyl (C=O) groups is 1. The predicted octanol–water partition coefficient (Wildman–Crippen LogP) is -0.665. The Hall–Kier alpha value is -1.43. The first kappa shape index (κ1) is 9.66. The van der Waals surface area contributed by atoms with Gasteiger partial charge in [0.1, 0.15) is 0 Å². The van der Waals surface area contributed by atoms with Crippen molar-refractivity contribution in [1.82, 2.24) is 0 Å². The van der Waals surface area contributed by atoms with Gasteiger partial charge >= 0.3 is 11.9 Å². The minimum atomic E-state index is -3.08. The molecular formula is C8H9NO4. The number of aliphatic carboxylic acids is 1. The highest BCUT2D eigenvalue weighted by molar-refractivity contribution is 5.80. The number of aliphatic hydroxyl groups is 2. The summed E-state index contributed by atoms with van der Waals surface area (Å²) in [7, 11) is 0. The molecule has 0 aromatic rings. The quantitative estimate of drug-likeness (QED) is 0.439. The summed E-state index contributed by atoms with van der Waals surface area (Å²) < 4.78 is 0. The third-order valence-corrected chi connectivity index (χ3v) is 1.43. The van der Waals surface area contributed by atoms with Gasteiger partial charge in [0.15, 0.2) is 0 Å². The Bertz CT molecular complexity index is 312. The fourth-order valence-electron chi connectivity index (χ4n) is 0.676. The molecule has 0 saturated carbocycles. The number of rotatable bonds is 1. The van der Waals surface area contributed by atoms with E-state index in [2.05, 4.69) is 30.0 Å². The van der Waals surface area contributed by atoms with E-state index in [1.54, 1.807) is 0 Å². The van der Waals surface area contributed by atoms with Crippen molar-refractivity contribution in [2.45, 2.75) is 5.91 Å². The fourth-order valence-corrected chi connectivity index (χ4v) is 0.676. The van der Waals surface area contributed by atoms with Crippen molar-refractivity contribution >= 4 is 5.97 Å². The van der Waals surface area contributed by atoms with E-state index < -0.39 is 11.9 Å². The van der Waals surface area contributed by atoms with Gasteiger partial charge in [0.05, 0.1) is 0 Å². The first-order chi connectivity index (χ1) is 5.91. The average molecular weight is 183 g/mol. The van der Waals surface area contributed by atoms with Crippen LogP contribution in [0.5, 0.6) is 0 Å². The van der Waals surface area contributed by atoms with E-state index >= 15 is 0 Å². The first-order valence-electron chi connectivity index (χ1n) is 3.48.